The molecule has 1 atom stereocenters. The fraction of sp³-hybridized carbons (Fsp3) is 0.588. The molecule has 0 spiro atoms. The molecule has 1 heterocycles. The summed E-state index contributed by atoms with van der Waals surface area (Å²) in [7, 11) is 1.71. The predicted octanol–water partition coefficient (Wildman–Crippen LogP) is 1.81. The van der Waals surface area contributed by atoms with Crippen LogP contribution in [-0.2, 0) is 16.0 Å². The van der Waals surface area contributed by atoms with E-state index < -0.39 is 0 Å². The van der Waals surface area contributed by atoms with Gasteiger partial charge in [-0.2, -0.15) is 0 Å². The van der Waals surface area contributed by atoms with E-state index in [0.29, 0.717) is 19.6 Å². The van der Waals surface area contributed by atoms with Gasteiger partial charge in [0, 0.05) is 20.1 Å². The van der Waals surface area contributed by atoms with Crippen LogP contribution in [0.5, 0.6) is 0 Å². The molecule has 1 amide bonds. The monoisotopic (exact) mass is 290 g/mol. The van der Waals surface area contributed by atoms with Crippen molar-refractivity contribution in [2.24, 2.45) is 0 Å². The third-order valence-electron chi connectivity index (χ3n) is 4.26. The zero-order valence-electron chi connectivity index (χ0n) is 13.1. The zero-order valence-corrected chi connectivity index (χ0v) is 13.1. The molecule has 4 nitrogen and oxygen atoms in total. The lowest BCUT2D eigenvalue weighted by atomic mass is 9.98. The molecule has 1 aliphatic heterocycles. The van der Waals surface area contributed by atoms with E-state index in [0.717, 1.165) is 25.8 Å². The topological polar surface area (TPSA) is 50.4 Å². The maximum atomic E-state index is 12.1. The first-order valence-corrected chi connectivity index (χ1v) is 7.70. The minimum Gasteiger partial charge on any atom is -0.383 e. The van der Waals surface area contributed by atoms with Crippen molar-refractivity contribution < 1.29 is 9.53 Å². The summed E-state index contributed by atoms with van der Waals surface area (Å²) in [5.74, 6) is 0.113. The van der Waals surface area contributed by atoms with Crippen LogP contribution in [0.15, 0.2) is 24.3 Å². The Hall–Kier alpha value is -1.39. The van der Waals surface area contributed by atoms with Crippen LogP contribution in [0.1, 0.15) is 30.4 Å². The predicted molar refractivity (Wildman–Crippen MR) is 84.4 cm³/mol. The Morgan fingerprint density at radius 1 is 1.43 bits per heavy atom. The van der Waals surface area contributed by atoms with Crippen molar-refractivity contribution in [2.75, 3.05) is 26.8 Å². The van der Waals surface area contributed by atoms with Crippen LogP contribution in [0.25, 0.3) is 0 Å². The standard InChI is InChI=1S/C17H26N2O2/c1-14-6-3-4-7-15(14)8-9-16(20)18-12-17(13-21-2)10-5-11-19-17/h3-4,6-7,19H,5,8-13H2,1-2H3,(H,18,20). The molecule has 4 heteroatoms. The van der Waals surface area contributed by atoms with Crippen molar-refractivity contribution in [2.45, 2.75) is 38.1 Å². The van der Waals surface area contributed by atoms with Gasteiger partial charge in [-0.05, 0) is 43.9 Å². The van der Waals surface area contributed by atoms with Crippen LogP contribution in [0.4, 0.5) is 0 Å². The molecule has 0 aromatic heterocycles. The Balaban J connectivity index is 1.78. The van der Waals surface area contributed by atoms with E-state index in [1.54, 1.807) is 7.11 Å². The molecule has 21 heavy (non-hydrogen) atoms. The van der Waals surface area contributed by atoms with Crippen LogP contribution in [0.2, 0.25) is 0 Å². The molecule has 0 bridgehead atoms. The highest BCUT2D eigenvalue weighted by Crippen LogP contribution is 2.19. The van der Waals surface area contributed by atoms with Crippen LogP contribution in [-0.4, -0.2) is 38.3 Å². The number of carbonyl (C=O) groups is 1. The second kappa shape index (κ2) is 7.57. The fourth-order valence-electron chi connectivity index (χ4n) is 2.97. The van der Waals surface area contributed by atoms with E-state index in [2.05, 4.69) is 29.7 Å². The summed E-state index contributed by atoms with van der Waals surface area (Å²) in [4.78, 5) is 12.1. The van der Waals surface area contributed by atoms with E-state index in [1.807, 2.05) is 12.1 Å². The number of hydrogen-bond donors (Lipinski definition) is 2. The average molecular weight is 290 g/mol. The van der Waals surface area contributed by atoms with Gasteiger partial charge in [0.05, 0.1) is 12.1 Å². The molecule has 0 radical (unpaired) electrons. The molecule has 0 saturated carbocycles. The Bertz CT molecular complexity index is 468. The van der Waals surface area contributed by atoms with Crippen molar-refractivity contribution in [3.63, 3.8) is 0 Å². The van der Waals surface area contributed by atoms with E-state index >= 15 is 0 Å². The molecule has 0 aliphatic carbocycles. The van der Waals surface area contributed by atoms with Crippen LogP contribution < -0.4 is 10.6 Å². The molecule has 2 N–H and O–H groups in total. The molecular weight excluding hydrogens is 264 g/mol. The van der Waals surface area contributed by atoms with E-state index in [-0.39, 0.29) is 11.4 Å². The van der Waals surface area contributed by atoms with E-state index in [4.69, 9.17) is 4.74 Å². The lowest BCUT2D eigenvalue weighted by molar-refractivity contribution is -0.121. The van der Waals surface area contributed by atoms with Gasteiger partial charge < -0.3 is 15.4 Å². The van der Waals surface area contributed by atoms with Gasteiger partial charge in [0.2, 0.25) is 5.91 Å². The highest BCUT2D eigenvalue weighted by Gasteiger charge is 2.33. The number of benzene rings is 1. The number of hydrogen-bond acceptors (Lipinski definition) is 3. The smallest absolute Gasteiger partial charge is 0.220 e. The van der Waals surface area contributed by atoms with Crippen LogP contribution in [0, 0.1) is 6.92 Å². The van der Waals surface area contributed by atoms with Crippen LogP contribution >= 0.6 is 0 Å². The Morgan fingerprint density at radius 2 is 2.24 bits per heavy atom. The molecule has 1 aliphatic rings. The molecule has 1 unspecified atom stereocenters. The third-order valence-corrected chi connectivity index (χ3v) is 4.26. The quantitative estimate of drug-likeness (QED) is 0.805. The molecular formula is C17H26N2O2. The number of amides is 1. The van der Waals surface area contributed by atoms with Crippen LogP contribution in [0.3, 0.4) is 0 Å². The summed E-state index contributed by atoms with van der Waals surface area (Å²) in [6.45, 7) is 4.38. The fourth-order valence-corrected chi connectivity index (χ4v) is 2.97. The van der Waals surface area contributed by atoms with Gasteiger partial charge in [-0.3, -0.25) is 4.79 Å². The first-order valence-electron chi connectivity index (χ1n) is 7.70. The Morgan fingerprint density at radius 3 is 2.90 bits per heavy atom. The summed E-state index contributed by atoms with van der Waals surface area (Å²) in [5, 5.41) is 6.53. The molecule has 1 saturated heterocycles. The summed E-state index contributed by atoms with van der Waals surface area (Å²) < 4.78 is 5.29. The SMILES string of the molecule is COCC1(CNC(=O)CCc2ccccc2C)CCCN1. The van der Waals surface area contributed by atoms with Gasteiger partial charge in [0.15, 0.2) is 0 Å². The summed E-state index contributed by atoms with van der Waals surface area (Å²) in [6, 6.07) is 8.23. The largest absolute Gasteiger partial charge is 0.383 e. The number of methoxy groups -OCH3 is 1. The molecule has 2 rings (SSSR count). The van der Waals surface area contributed by atoms with Gasteiger partial charge in [-0.15, -0.1) is 0 Å². The summed E-state index contributed by atoms with van der Waals surface area (Å²) in [6.07, 6.45) is 3.53. The number of ether oxygens (including phenoxy) is 1. The lowest BCUT2D eigenvalue weighted by Gasteiger charge is -2.29. The van der Waals surface area contributed by atoms with E-state index in [9.17, 15) is 4.79 Å². The van der Waals surface area contributed by atoms with Crippen molar-refractivity contribution in [1.29, 1.82) is 0 Å². The Kier molecular flexibility index (Phi) is 5.76. The van der Waals surface area contributed by atoms with Gasteiger partial charge in [-0.1, -0.05) is 24.3 Å². The minimum absolute atomic E-state index is 0.0763. The van der Waals surface area contributed by atoms with Crippen molar-refractivity contribution in [1.82, 2.24) is 10.6 Å². The highest BCUT2D eigenvalue weighted by atomic mass is 16.5. The lowest BCUT2D eigenvalue weighted by Crippen LogP contribution is -2.53. The van der Waals surface area contributed by atoms with Gasteiger partial charge in [0.25, 0.3) is 0 Å². The molecule has 1 aromatic carbocycles. The molecule has 1 fully saturated rings. The normalized spacial score (nSPS) is 21.4. The van der Waals surface area contributed by atoms with Gasteiger partial charge >= 0.3 is 0 Å². The second-order valence-electron chi connectivity index (χ2n) is 5.95. The maximum absolute atomic E-state index is 12.1. The first kappa shape index (κ1) is 16.0. The number of carbonyl (C=O) groups excluding carboxylic acids is 1. The van der Waals surface area contributed by atoms with Crippen molar-refractivity contribution >= 4 is 5.91 Å². The maximum Gasteiger partial charge on any atom is 0.220 e. The Labute approximate surface area is 127 Å². The zero-order chi connectivity index (χ0) is 15.1. The van der Waals surface area contributed by atoms with Crippen molar-refractivity contribution in [3.8, 4) is 0 Å². The van der Waals surface area contributed by atoms with Gasteiger partial charge in [0.1, 0.15) is 0 Å². The first-order chi connectivity index (χ1) is 10.2. The summed E-state index contributed by atoms with van der Waals surface area (Å²) >= 11 is 0. The van der Waals surface area contributed by atoms with Crippen molar-refractivity contribution in [3.05, 3.63) is 35.4 Å². The van der Waals surface area contributed by atoms with E-state index in [1.165, 1.54) is 11.1 Å². The summed E-state index contributed by atoms with van der Waals surface area (Å²) in [5.41, 5.74) is 2.42. The average Bonchev–Trinajstić information content (AvgIpc) is 2.94. The van der Waals surface area contributed by atoms with Gasteiger partial charge in [-0.25, -0.2) is 0 Å². The second-order valence-corrected chi connectivity index (χ2v) is 5.95. The number of rotatable bonds is 7. The minimum atomic E-state index is -0.0763. The number of nitrogens with one attached hydrogen (secondary N) is 2. The highest BCUT2D eigenvalue weighted by molar-refractivity contribution is 5.76. The number of aryl methyl sites for hydroxylation is 2. The molecule has 116 valence electrons. The third kappa shape index (κ3) is 4.55. The molecule has 1 aromatic rings.